The average Bonchev–Trinajstić information content (AvgIpc) is 3.10. The molecule has 11 nitrogen and oxygen atoms in total. The molecule has 1 aromatic heterocycles. The van der Waals surface area contributed by atoms with Gasteiger partial charge in [0, 0.05) is 4.88 Å². The highest BCUT2D eigenvalue weighted by atomic mass is 32.9. The summed E-state index contributed by atoms with van der Waals surface area (Å²) in [5.74, 6) is -1.87. The zero-order valence-electron chi connectivity index (χ0n) is 15.3. The highest BCUT2D eigenvalue weighted by molar-refractivity contribution is 7.80. The summed E-state index contributed by atoms with van der Waals surface area (Å²) in [6.45, 7) is -0.278. The number of nitrogens with one attached hydrogen (secondary N) is 2. The molecule has 0 radical (unpaired) electrons. The van der Waals surface area contributed by atoms with E-state index >= 15 is 0 Å². The Morgan fingerprint density at radius 3 is 2.53 bits per heavy atom. The summed E-state index contributed by atoms with van der Waals surface area (Å²) in [5, 5.41) is 28.8. The van der Waals surface area contributed by atoms with Crippen LogP contribution in [-0.2, 0) is 4.79 Å². The van der Waals surface area contributed by atoms with Gasteiger partial charge < -0.3 is 20.9 Å². The molecule has 14 heteroatoms. The fourth-order valence-electron chi connectivity index (χ4n) is 2.33. The van der Waals surface area contributed by atoms with E-state index in [2.05, 4.69) is 5.32 Å². The van der Waals surface area contributed by atoms with Crippen LogP contribution in [0.3, 0.4) is 0 Å². The number of hydrogen-bond acceptors (Lipinski definition) is 9. The molecule has 2 aromatic rings. The largest absolute Gasteiger partial charge is 0.480 e. The molecule has 1 amide bonds. The normalized spacial score (nSPS) is 11.3. The van der Waals surface area contributed by atoms with Crippen LogP contribution in [0.25, 0.3) is 10.4 Å². The molecular weight excluding hydrogens is 454 g/mol. The number of rotatable bonds is 9. The van der Waals surface area contributed by atoms with E-state index in [0.717, 1.165) is 14.3 Å². The second-order valence-corrected chi connectivity index (χ2v) is 8.74. The third kappa shape index (κ3) is 6.75. The molecule has 1 heterocycles. The zero-order valence-corrected chi connectivity index (χ0v) is 17.7. The first kappa shape index (κ1) is 23.2. The lowest BCUT2D eigenvalue weighted by Gasteiger charge is -2.16. The van der Waals surface area contributed by atoms with Crippen LogP contribution >= 0.6 is 32.9 Å². The third-order valence-electron chi connectivity index (χ3n) is 3.74. The predicted octanol–water partition coefficient (Wildman–Crippen LogP) is 2.92. The molecule has 0 aliphatic rings. The van der Waals surface area contributed by atoms with Crippen molar-refractivity contribution < 1.29 is 24.5 Å². The standard InChI is InChI=1S/C16H17N5O6S3/c17-15(18)20(21(25)26)7-1-2-11(14(22)23)19-16(24)27-10-5-3-9(4-6-10)12-8-13(28)30-29-12/h3-6,8,11H,1-2,7H2,(H3,17,18)(H,19,24)(H,22,23). The molecular formula is C16H17N5O6S3. The van der Waals surface area contributed by atoms with Crippen LogP contribution < -0.4 is 15.8 Å². The second kappa shape index (κ2) is 10.6. The molecule has 1 atom stereocenters. The maximum Gasteiger partial charge on any atom is 0.413 e. The number of carbonyl (C=O) groups excluding carboxylic acids is 1. The molecule has 30 heavy (non-hydrogen) atoms. The number of guanidine groups is 1. The first-order valence-corrected chi connectivity index (χ1v) is 10.9. The molecule has 0 saturated heterocycles. The van der Waals surface area contributed by atoms with Gasteiger partial charge in [-0.15, -0.1) is 0 Å². The van der Waals surface area contributed by atoms with Gasteiger partial charge >= 0.3 is 12.1 Å². The van der Waals surface area contributed by atoms with Crippen LogP contribution in [-0.4, -0.2) is 45.8 Å². The van der Waals surface area contributed by atoms with Crippen molar-refractivity contribution in [3.05, 3.63) is 44.3 Å². The van der Waals surface area contributed by atoms with Gasteiger partial charge in [-0.3, -0.25) is 5.41 Å². The fourth-order valence-corrected chi connectivity index (χ4v) is 4.73. The molecule has 0 bridgehead atoms. The summed E-state index contributed by atoms with van der Waals surface area (Å²) in [5.41, 5.74) is 5.99. The Morgan fingerprint density at radius 2 is 2.03 bits per heavy atom. The van der Waals surface area contributed by atoms with Crippen molar-refractivity contribution in [3.63, 3.8) is 0 Å². The highest BCUT2D eigenvalue weighted by Gasteiger charge is 2.23. The van der Waals surface area contributed by atoms with Gasteiger partial charge in [-0.1, -0.05) is 37.9 Å². The molecule has 1 aromatic carbocycles. The molecule has 160 valence electrons. The van der Waals surface area contributed by atoms with Crippen LogP contribution in [0.1, 0.15) is 12.8 Å². The number of aliphatic carboxylic acids is 1. The van der Waals surface area contributed by atoms with Gasteiger partial charge in [0.2, 0.25) is 0 Å². The Balaban J connectivity index is 1.90. The maximum absolute atomic E-state index is 12.0. The number of carboxylic acid groups (broad SMARTS) is 1. The molecule has 0 aliphatic heterocycles. The Bertz CT molecular complexity index is 976. The summed E-state index contributed by atoms with van der Waals surface area (Å²) in [6, 6.07) is 7.18. The first-order valence-electron chi connectivity index (χ1n) is 8.35. The topological polar surface area (TPSA) is 172 Å². The minimum Gasteiger partial charge on any atom is -0.480 e. The van der Waals surface area contributed by atoms with Crippen molar-refractivity contribution in [2.45, 2.75) is 18.9 Å². The predicted molar refractivity (Wildman–Crippen MR) is 114 cm³/mol. The minimum atomic E-state index is -1.32. The van der Waals surface area contributed by atoms with E-state index in [1.165, 1.54) is 20.7 Å². The van der Waals surface area contributed by atoms with Gasteiger partial charge in [0.25, 0.3) is 5.96 Å². The molecule has 0 fully saturated rings. The second-order valence-electron chi connectivity index (χ2n) is 5.83. The van der Waals surface area contributed by atoms with E-state index in [0.29, 0.717) is 5.01 Å². The number of hydrogen-bond donors (Lipinski definition) is 4. The van der Waals surface area contributed by atoms with E-state index in [1.807, 2.05) is 6.07 Å². The van der Waals surface area contributed by atoms with Gasteiger partial charge in [-0.25, -0.2) is 19.7 Å². The number of nitro groups is 1. The molecule has 0 aliphatic carbocycles. The molecule has 5 N–H and O–H groups in total. The molecule has 0 spiro atoms. The smallest absolute Gasteiger partial charge is 0.413 e. The highest BCUT2D eigenvalue weighted by Crippen LogP contribution is 2.30. The third-order valence-corrected chi connectivity index (χ3v) is 6.65. The Morgan fingerprint density at radius 1 is 1.37 bits per heavy atom. The summed E-state index contributed by atoms with van der Waals surface area (Å²) in [7, 11) is 3.01. The SMILES string of the molecule is N=C(N)N(CCCC(NC(=O)Oc1ccc(-c2cc(=S)ss2)cc1)C(=O)O)[N+](=O)[O-]. The van der Waals surface area contributed by atoms with Gasteiger partial charge in [0.1, 0.15) is 15.6 Å². The maximum atomic E-state index is 12.0. The fraction of sp³-hybridized carbons (Fsp3) is 0.250. The van der Waals surface area contributed by atoms with Gasteiger partial charge in [0.15, 0.2) is 5.03 Å². The van der Waals surface area contributed by atoms with Crippen molar-refractivity contribution in [1.82, 2.24) is 10.3 Å². The van der Waals surface area contributed by atoms with Crippen molar-refractivity contribution in [3.8, 4) is 16.2 Å². The first-order chi connectivity index (χ1) is 14.2. The van der Waals surface area contributed by atoms with Crippen LogP contribution in [0, 0.1) is 19.3 Å². The van der Waals surface area contributed by atoms with Crippen LogP contribution in [0.2, 0.25) is 0 Å². The molecule has 2 rings (SSSR count). The summed E-state index contributed by atoms with van der Waals surface area (Å²) >= 11 is 5.10. The Kier molecular flexibility index (Phi) is 8.20. The van der Waals surface area contributed by atoms with Gasteiger partial charge in [-0.2, -0.15) is 0 Å². The van der Waals surface area contributed by atoms with Crippen molar-refractivity contribution >= 4 is 50.9 Å². The van der Waals surface area contributed by atoms with Crippen molar-refractivity contribution in [1.29, 1.82) is 5.41 Å². The van der Waals surface area contributed by atoms with E-state index < -0.39 is 29.1 Å². The number of nitrogens with two attached hydrogens (primary N) is 1. The van der Waals surface area contributed by atoms with E-state index in [9.17, 15) is 24.8 Å². The summed E-state index contributed by atoms with van der Waals surface area (Å²) < 4.78 is 5.87. The lowest BCUT2D eigenvalue weighted by Crippen LogP contribution is -2.44. The van der Waals surface area contributed by atoms with Crippen molar-refractivity contribution in [2.24, 2.45) is 5.73 Å². The number of carbonyl (C=O) groups is 2. The summed E-state index contributed by atoms with van der Waals surface area (Å²) in [4.78, 5) is 35.1. The number of carboxylic acids is 1. The summed E-state index contributed by atoms with van der Waals surface area (Å²) in [6.07, 6.45) is -1.10. The van der Waals surface area contributed by atoms with Crippen LogP contribution in [0.15, 0.2) is 30.3 Å². The Labute approximate surface area is 182 Å². The monoisotopic (exact) mass is 471 g/mol. The van der Waals surface area contributed by atoms with E-state index in [-0.39, 0.29) is 25.1 Å². The van der Waals surface area contributed by atoms with Gasteiger partial charge in [-0.05, 0) is 48.7 Å². The molecule has 0 saturated carbocycles. The number of nitrogens with zero attached hydrogens (tertiary/aromatic N) is 2. The zero-order chi connectivity index (χ0) is 22.3. The van der Waals surface area contributed by atoms with E-state index in [1.54, 1.807) is 24.3 Å². The van der Waals surface area contributed by atoms with Gasteiger partial charge in [0.05, 0.1) is 6.54 Å². The number of hydrazine groups is 1. The quantitative estimate of drug-likeness (QED) is 0.107. The number of amides is 1. The number of benzene rings is 1. The van der Waals surface area contributed by atoms with Crippen molar-refractivity contribution in [2.75, 3.05) is 6.54 Å². The van der Waals surface area contributed by atoms with E-state index in [4.69, 9.17) is 28.1 Å². The van der Waals surface area contributed by atoms with Crippen LogP contribution in [0.4, 0.5) is 4.79 Å². The van der Waals surface area contributed by atoms with Crippen LogP contribution in [0.5, 0.6) is 5.75 Å². The lowest BCUT2D eigenvalue weighted by atomic mass is 10.1. The Hall–Kier alpha value is -3.10. The molecule has 1 unspecified atom stereocenters. The lowest BCUT2D eigenvalue weighted by molar-refractivity contribution is -0.629. The average molecular weight is 472 g/mol. The minimum absolute atomic E-state index is 0.000837. The number of ether oxygens (including phenoxy) is 1.